The van der Waals surface area contributed by atoms with E-state index >= 15 is 0 Å². The SMILES string of the molecule is [2H][C@](Nc1cc(Cl)c2ncc(C#N)c(N[C@H](CCO)c3ccccc3)c2c1)(/C(N)=C/NC1CC1)c1cccnc1. The van der Waals surface area contributed by atoms with E-state index in [2.05, 4.69) is 32.0 Å². The molecule has 39 heavy (non-hydrogen) atoms. The van der Waals surface area contributed by atoms with Gasteiger partial charge in [0.1, 0.15) is 6.07 Å². The van der Waals surface area contributed by atoms with Crippen LogP contribution in [0.1, 0.15) is 49.4 Å². The first-order valence-electron chi connectivity index (χ1n) is 13.3. The molecule has 1 aliphatic carbocycles. The molecule has 2 aromatic carbocycles. The Kier molecular flexibility index (Phi) is 7.71. The van der Waals surface area contributed by atoms with Gasteiger partial charge in [0, 0.05) is 48.5 Å². The van der Waals surface area contributed by atoms with Gasteiger partial charge >= 0.3 is 0 Å². The number of benzene rings is 2. The maximum absolute atomic E-state index is 9.95. The Labute approximate surface area is 234 Å². The summed E-state index contributed by atoms with van der Waals surface area (Å²) < 4.78 is 9.42. The molecule has 0 spiro atoms. The van der Waals surface area contributed by atoms with Crippen LogP contribution in [-0.4, -0.2) is 27.7 Å². The number of pyridine rings is 2. The molecule has 4 aromatic rings. The number of aliphatic hydroxyl groups is 1. The Morgan fingerprint density at radius 3 is 2.67 bits per heavy atom. The average molecular weight is 541 g/mol. The number of rotatable bonds is 11. The van der Waals surface area contributed by atoms with Crippen LogP contribution in [0.4, 0.5) is 11.4 Å². The Balaban J connectivity index is 1.59. The van der Waals surface area contributed by atoms with Crippen LogP contribution in [-0.2, 0) is 0 Å². The fourth-order valence-corrected chi connectivity index (χ4v) is 4.65. The number of nitrogens with two attached hydrogens (primary N) is 1. The van der Waals surface area contributed by atoms with Crippen molar-refractivity contribution in [2.24, 2.45) is 5.73 Å². The zero-order chi connectivity index (χ0) is 28.1. The van der Waals surface area contributed by atoms with E-state index in [-0.39, 0.29) is 18.3 Å². The number of nitrogens with one attached hydrogen (secondary N) is 3. The zero-order valence-electron chi connectivity index (χ0n) is 22.2. The standard InChI is InChI=1S/C30H30ClN7O/c31-25-14-23(37-29(20-7-4-11-34-16-20)26(33)18-35-22-8-9-22)13-24-28(21(15-32)17-36-30(24)25)38-27(10-12-39)19-5-2-1-3-6-19/h1-7,11,13-14,16-18,22,27,29,35,37,39H,8-10,12,33H2,(H,36,38)/b26-18-/t27-,29-/m1/s1/i29D. The van der Waals surface area contributed by atoms with Gasteiger partial charge in [-0.15, -0.1) is 0 Å². The van der Waals surface area contributed by atoms with Gasteiger partial charge < -0.3 is 26.8 Å². The van der Waals surface area contributed by atoms with Gasteiger partial charge in [-0.3, -0.25) is 9.97 Å². The molecule has 9 heteroatoms. The predicted octanol–water partition coefficient (Wildman–Crippen LogP) is 5.40. The fraction of sp³-hybridized carbons (Fsp3) is 0.233. The molecular weight excluding hydrogens is 510 g/mol. The molecule has 2 heterocycles. The zero-order valence-corrected chi connectivity index (χ0v) is 22.0. The Morgan fingerprint density at radius 2 is 1.97 bits per heavy atom. The average Bonchev–Trinajstić information content (AvgIpc) is 3.81. The fourth-order valence-electron chi connectivity index (χ4n) is 4.38. The molecule has 0 bridgehead atoms. The molecule has 0 saturated heterocycles. The molecule has 6 N–H and O–H groups in total. The van der Waals surface area contributed by atoms with Crippen LogP contribution < -0.4 is 21.7 Å². The third-order valence-electron chi connectivity index (χ3n) is 6.54. The van der Waals surface area contributed by atoms with Crippen molar-refractivity contribution < 1.29 is 6.48 Å². The largest absolute Gasteiger partial charge is 0.399 e. The van der Waals surface area contributed by atoms with Gasteiger partial charge in [0.2, 0.25) is 0 Å². The van der Waals surface area contributed by atoms with E-state index in [0.29, 0.717) is 50.9 Å². The van der Waals surface area contributed by atoms with Gasteiger partial charge in [0.05, 0.1) is 40.9 Å². The topological polar surface area (TPSA) is 132 Å². The number of hydrogen-bond acceptors (Lipinski definition) is 8. The molecule has 1 fully saturated rings. The lowest BCUT2D eigenvalue weighted by atomic mass is 10.0. The van der Waals surface area contributed by atoms with Crippen molar-refractivity contribution in [3.63, 3.8) is 0 Å². The molecule has 2 aromatic heterocycles. The first-order valence-corrected chi connectivity index (χ1v) is 13.2. The first kappa shape index (κ1) is 25.0. The first-order chi connectivity index (χ1) is 19.4. The van der Waals surface area contributed by atoms with Crippen molar-refractivity contribution >= 4 is 33.9 Å². The summed E-state index contributed by atoms with van der Waals surface area (Å²) in [4.78, 5) is 8.65. The Bertz CT molecular complexity index is 1560. The normalized spacial score (nSPS) is 16.0. The van der Waals surface area contributed by atoms with Crippen molar-refractivity contribution in [3.8, 4) is 6.07 Å². The smallest absolute Gasteiger partial charge is 0.103 e. The molecule has 8 nitrogen and oxygen atoms in total. The van der Waals surface area contributed by atoms with E-state index in [1.807, 2.05) is 30.3 Å². The Hall–Kier alpha value is -4.32. The molecule has 1 saturated carbocycles. The van der Waals surface area contributed by atoms with Crippen molar-refractivity contribution in [1.82, 2.24) is 15.3 Å². The number of anilines is 2. The quantitative estimate of drug-likeness (QED) is 0.171. The summed E-state index contributed by atoms with van der Waals surface area (Å²) in [5.41, 5.74) is 10.2. The van der Waals surface area contributed by atoms with Crippen LogP contribution >= 0.6 is 11.6 Å². The van der Waals surface area contributed by atoms with E-state index in [1.165, 1.54) is 6.20 Å². The monoisotopic (exact) mass is 540 g/mol. The highest BCUT2D eigenvalue weighted by Gasteiger charge is 2.22. The van der Waals surface area contributed by atoms with Gasteiger partial charge in [0.15, 0.2) is 0 Å². The van der Waals surface area contributed by atoms with Crippen LogP contribution in [0.15, 0.2) is 85.1 Å². The lowest BCUT2D eigenvalue weighted by molar-refractivity contribution is 0.280. The second kappa shape index (κ2) is 12.0. The third-order valence-corrected chi connectivity index (χ3v) is 6.83. The highest BCUT2D eigenvalue weighted by molar-refractivity contribution is 6.35. The number of aromatic nitrogens is 2. The van der Waals surface area contributed by atoms with Crippen molar-refractivity contribution in [3.05, 3.63) is 107 Å². The number of hydrogen-bond donors (Lipinski definition) is 5. The summed E-state index contributed by atoms with van der Waals surface area (Å²) >= 11 is 6.72. The van der Waals surface area contributed by atoms with Gasteiger partial charge in [-0.1, -0.05) is 48.0 Å². The molecule has 198 valence electrons. The summed E-state index contributed by atoms with van der Waals surface area (Å²) in [6.45, 7) is -0.0436. The van der Waals surface area contributed by atoms with Crippen LogP contribution in [0.2, 0.25) is 5.02 Å². The summed E-state index contributed by atoms with van der Waals surface area (Å²) in [5.74, 6) is 0. The van der Waals surface area contributed by atoms with Crippen LogP contribution in [0.3, 0.4) is 0 Å². The summed E-state index contributed by atoms with van der Waals surface area (Å²) in [7, 11) is 0. The maximum Gasteiger partial charge on any atom is 0.103 e. The summed E-state index contributed by atoms with van der Waals surface area (Å²) in [6.07, 6.45) is 8.97. The van der Waals surface area contributed by atoms with Gasteiger partial charge in [-0.25, -0.2) is 0 Å². The summed E-state index contributed by atoms with van der Waals surface area (Å²) in [6, 6.07) is 17.5. The molecule has 0 unspecified atom stereocenters. The molecular formula is C30H30ClN7O. The number of aliphatic hydroxyl groups excluding tert-OH is 1. The lowest BCUT2D eigenvalue weighted by Gasteiger charge is -2.24. The molecule has 0 aliphatic heterocycles. The minimum atomic E-state index is -1.57. The maximum atomic E-state index is 9.95. The Morgan fingerprint density at radius 1 is 1.18 bits per heavy atom. The molecule has 2 atom stereocenters. The van der Waals surface area contributed by atoms with Crippen molar-refractivity contribution in [2.45, 2.75) is 37.4 Å². The van der Waals surface area contributed by atoms with Gasteiger partial charge in [-0.2, -0.15) is 5.26 Å². The minimum Gasteiger partial charge on any atom is -0.399 e. The van der Waals surface area contributed by atoms with E-state index in [1.54, 1.807) is 42.9 Å². The van der Waals surface area contributed by atoms with Crippen molar-refractivity contribution in [2.75, 3.05) is 17.2 Å². The van der Waals surface area contributed by atoms with Crippen LogP contribution in [0, 0.1) is 11.3 Å². The van der Waals surface area contributed by atoms with E-state index in [9.17, 15) is 11.7 Å². The van der Waals surface area contributed by atoms with E-state index in [0.717, 1.165) is 18.4 Å². The minimum absolute atomic E-state index is 0.0436. The third kappa shape index (κ3) is 6.23. The van der Waals surface area contributed by atoms with Crippen LogP contribution in [0.25, 0.3) is 10.9 Å². The lowest BCUT2D eigenvalue weighted by Crippen LogP contribution is -2.22. The second-order valence-corrected chi connectivity index (χ2v) is 9.82. The number of fused-ring (bicyclic) bond motifs is 1. The van der Waals surface area contributed by atoms with E-state index < -0.39 is 6.02 Å². The summed E-state index contributed by atoms with van der Waals surface area (Å²) in [5, 5.41) is 30.6. The predicted molar refractivity (Wildman–Crippen MR) is 155 cm³/mol. The highest BCUT2D eigenvalue weighted by atomic mass is 35.5. The number of nitriles is 1. The molecule has 0 amide bonds. The molecule has 1 aliphatic rings. The number of halogens is 1. The van der Waals surface area contributed by atoms with Gasteiger partial charge in [0.25, 0.3) is 0 Å². The van der Waals surface area contributed by atoms with E-state index in [4.69, 9.17) is 17.3 Å². The van der Waals surface area contributed by atoms with Crippen LogP contribution in [0.5, 0.6) is 0 Å². The molecule has 5 rings (SSSR count). The number of nitrogens with zero attached hydrogens (tertiary/aromatic N) is 3. The van der Waals surface area contributed by atoms with Crippen molar-refractivity contribution in [1.29, 1.82) is 5.26 Å². The highest BCUT2D eigenvalue weighted by Crippen LogP contribution is 2.37. The molecule has 0 radical (unpaired) electrons. The van der Waals surface area contributed by atoms with Gasteiger partial charge in [-0.05, 0) is 48.6 Å². The second-order valence-electron chi connectivity index (χ2n) is 9.42.